The van der Waals surface area contributed by atoms with Crippen LogP contribution in [0.2, 0.25) is 0 Å². The Labute approximate surface area is 121 Å². The van der Waals surface area contributed by atoms with Crippen molar-refractivity contribution in [2.75, 3.05) is 19.7 Å². The minimum atomic E-state index is 0.679. The summed E-state index contributed by atoms with van der Waals surface area (Å²) in [6.07, 6.45) is 4.86. The summed E-state index contributed by atoms with van der Waals surface area (Å²) in [5, 5.41) is 7.51. The molecule has 0 aliphatic rings. The first-order valence-electron chi connectivity index (χ1n) is 6.41. The molecule has 0 fully saturated rings. The minimum absolute atomic E-state index is 0.679. The molecule has 2 aromatic rings. The van der Waals surface area contributed by atoms with Crippen LogP contribution in [-0.2, 0) is 6.54 Å². The number of aryl methyl sites for hydroxylation is 1. The average Bonchev–Trinajstić information content (AvgIpc) is 2.91. The molecule has 1 heterocycles. The molecule has 1 aromatic heterocycles. The van der Waals surface area contributed by atoms with Gasteiger partial charge in [0.1, 0.15) is 12.4 Å². The molecule has 1 N–H and O–H groups in total. The number of aromatic nitrogens is 2. The summed E-state index contributed by atoms with van der Waals surface area (Å²) >= 11 is 3.42. The molecule has 0 aliphatic heterocycles. The van der Waals surface area contributed by atoms with E-state index in [4.69, 9.17) is 4.74 Å². The van der Waals surface area contributed by atoms with Gasteiger partial charge >= 0.3 is 0 Å². The monoisotopic (exact) mass is 323 g/mol. The molecule has 0 unspecified atom stereocenters. The Bertz CT molecular complexity index is 473. The Balaban J connectivity index is 1.50. The molecule has 0 atom stereocenters. The number of hydrogen-bond acceptors (Lipinski definition) is 3. The van der Waals surface area contributed by atoms with Gasteiger partial charge in [0.25, 0.3) is 0 Å². The van der Waals surface area contributed by atoms with Crippen LogP contribution in [0.15, 0.2) is 47.2 Å². The number of rotatable bonds is 8. The Morgan fingerprint density at radius 1 is 1.26 bits per heavy atom. The number of nitrogens with zero attached hydrogens (tertiary/aromatic N) is 2. The van der Waals surface area contributed by atoms with Crippen LogP contribution < -0.4 is 10.1 Å². The standard InChI is InChI=1S/C14H18BrN3O/c15-13-4-1-5-14(12-13)19-11-8-16-6-2-9-18-10-3-7-17-18/h1,3-5,7,10,12,16H,2,6,8-9,11H2. The lowest BCUT2D eigenvalue weighted by atomic mass is 10.3. The number of benzene rings is 1. The molecule has 102 valence electrons. The number of ether oxygens (including phenoxy) is 1. The third kappa shape index (κ3) is 5.44. The molecular weight excluding hydrogens is 306 g/mol. The molecule has 0 radical (unpaired) electrons. The van der Waals surface area contributed by atoms with Crippen LogP contribution >= 0.6 is 15.9 Å². The molecule has 0 aliphatic carbocycles. The predicted molar refractivity (Wildman–Crippen MR) is 79.4 cm³/mol. The number of nitrogens with one attached hydrogen (secondary N) is 1. The van der Waals surface area contributed by atoms with Crippen LogP contribution in [0.1, 0.15) is 6.42 Å². The summed E-state index contributed by atoms with van der Waals surface area (Å²) in [6.45, 7) is 3.46. The number of halogens is 1. The van der Waals surface area contributed by atoms with Crippen molar-refractivity contribution in [3.05, 3.63) is 47.2 Å². The molecule has 4 nitrogen and oxygen atoms in total. The summed E-state index contributed by atoms with van der Waals surface area (Å²) in [7, 11) is 0. The lowest BCUT2D eigenvalue weighted by Gasteiger charge is -2.08. The maximum atomic E-state index is 5.63. The molecule has 0 amide bonds. The highest BCUT2D eigenvalue weighted by atomic mass is 79.9. The van der Waals surface area contributed by atoms with E-state index in [1.54, 1.807) is 6.20 Å². The van der Waals surface area contributed by atoms with E-state index in [1.165, 1.54) is 0 Å². The van der Waals surface area contributed by atoms with Crippen molar-refractivity contribution < 1.29 is 4.74 Å². The smallest absolute Gasteiger partial charge is 0.120 e. The fraction of sp³-hybridized carbons (Fsp3) is 0.357. The van der Waals surface area contributed by atoms with Crippen LogP contribution in [0.3, 0.4) is 0 Å². The van der Waals surface area contributed by atoms with Gasteiger partial charge in [-0.2, -0.15) is 5.10 Å². The highest BCUT2D eigenvalue weighted by Gasteiger charge is 1.95. The molecule has 19 heavy (non-hydrogen) atoms. The zero-order chi connectivity index (χ0) is 13.3. The minimum Gasteiger partial charge on any atom is -0.492 e. The van der Waals surface area contributed by atoms with E-state index in [0.717, 1.165) is 36.3 Å². The molecule has 2 rings (SSSR count). The van der Waals surface area contributed by atoms with Gasteiger partial charge in [0.05, 0.1) is 0 Å². The largest absolute Gasteiger partial charge is 0.492 e. The lowest BCUT2D eigenvalue weighted by Crippen LogP contribution is -2.23. The highest BCUT2D eigenvalue weighted by Crippen LogP contribution is 2.17. The Kier molecular flexibility index (Phi) is 5.91. The molecule has 0 spiro atoms. The fourth-order valence-electron chi connectivity index (χ4n) is 1.72. The fourth-order valence-corrected chi connectivity index (χ4v) is 2.10. The van der Waals surface area contributed by atoms with Gasteiger partial charge in [0.2, 0.25) is 0 Å². The van der Waals surface area contributed by atoms with Crippen molar-refractivity contribution in [3.8, 4) is 5.75 Å². The van der Waals surface area contributed by atoms with Gasteiger partial charge in [0.15, 0.2) is 0 Å². The SMILES string of the molecule is Brc1cccc(OCCNCCCn2cccn2)c1. The summed E-state index contributed by atoms with van der Waals surface area (Å²) in [5.74, 6) is 0.896. The lowest BCUT2D eigenvalue weighted by molar-refractivity contribution is 0.313. The Morgan fingerprint density at radius 2 is 2.21 bits per heavy atom. The van der Waals surface area contributed by atoms with E-state index >= 15 is 0 Å². The molecule has 0 bridgehead atoms. The van der Waals surface area contributed by atoms with Crippen molar-refractivity contribution in [1.82, 2.24) is 15.1 Å². The Hall–Kier alpha value is -1.33. The third-order valence-corrected chi connectivity index (χ3v) is 3.14. The van der Waals surface area contributed by atoms with Gasteiger partial charge in [0, 0.05) is 30.0 Å². The molecule has 5 heteroatoms. The molecule has 0 saturated heterocycles. The van der Waals surface area contributed by atoms with Crippen LogP contribution in [-0.4, -0.2) is 29.5 Å². The normalized spacial score (nSPS) is 10.6. The first-order chi connectivity index (χ1) is 9.34. The van der Waals surface area contributed by atoms with Crippen molar-refractivity contribution in [1.29, 1.82) is 0 Å². The van der Waals surface area contributed by atoms with Gasteiger partial charge in [-0.15, -0.1) is 0 Å². The quantitative estimate of drug-likeness (QED) is 0.759. The van der Waals surface area contributed by atoms with E-state index in [9.17, 15) is 0 Å². The molecule has 0 saturated carbocycles. The van der Waals surface area contributed by atoms with Crippen LogP contribution in [0.4, 0.5) is 0 Å². The molecule has 1 aromatic carbocycles. The zero-order valence-corrected chi connectivity index (χ0v) is 12.3. The first kappa shape index (κ1) is 14.1. The van der Waals surface area contributed by atoms with Gasteiger partial charge < -0.3 is 10.1 Å². The average molecular weight is 324 g/mol. The van der Waals surface area contributed by atoms with Gasteiger partial charge in [-0.1, -0.05) is 22.0 Å². The van der Waals surface area contributed by atoms with Gasteiger partial charge in [-0.25, -0.2) is 0 Å². The van der Waals surface area contributed by atoms with Crippen LogP contribution in [0.25, 0.3) is 0 Å². The molecular formula is C14H18BrN3O. The predicted octanol–water partition coefficient (Wildman–Crippen LogP) is 2.70. The highest BCUT2D eigenvalue weighted by molar-refractivity contribution is 9.10. The van der Waals surface area contributed by atoms with E-state index < -0.39 is 0 Å². The number of hydrogen-bond donors (Lipinski definition) is 1. The maximum Gasteiger partial charge on any atom is 0.120 e. The van der Waals surface area contributed by atoms with E-state index in [1.807, 2.05) is 41.2 Å². The van der Waals surface area contributed by atoms with Gasteiger partial charge in [-0.3, -0.25) is 4.68 Å². The van der Waals surface area contributed by atoms with E-state index in [0.29, 0.717) is 6.61 Å². The van der Waals surface area contributed by atoms with Gasteiger partial charge in [-0.05, 0) is 37.2 Å². The first-order valence-corrected chi connectivity index (χ1v) is 7.20. The summed E-state index contributed by atoms with van der Waals surface area (Å²) in [5.41, 5.74) is 0. The van der Waals surface area contributed by atoms with Crippen LogP contribution in [0.5, 0.6) is 5.75 Å². The van der Waals surface area contributed by atoms with Crippen molar-refractivity contribution in [2.45, 2.75) is 13.0 Å². The van der Waals surface area contributed by atoms with Crippen LogP contribution in [0, 0.1) is 0 Å². The second-order valence-corrected chi connectivity index (χ2v) is 5.09. The maximum absolute atomic E-state index is 5.63. The topological polar surface area (TPSA) is 39.1 Å². The summed E-state index contributed by atoms with van der Waals surface area (Å²) in [4.78, 5) is 0. The van der Waals surface area contributed by atoms with Crippen molar-refractivity contribution >= 4 is 15.9 Å². The van der Waals surface area contributed by atoms with Crippen molar-refractivity contribution in [2.24, 2.45) is 0 Å². The summed E-state index contributed by atoms with van der Waals surface area (Å²) in [6, 6.07) is 9.83. The third-order valence-electron chi connectivity index (χ3n) is 2.64. The second-order valence-electron chi connectivity index (χ2n) is 4.18. The summed E-state index contributed by atoms with van der Waals surface area (Å²) < 4.78 is 8.61. The van der Waals surface area contributed by atoms with E-state index in [-0.39, 0.29) is 0 Å². The van der Waals surface area contributed by atoms with Crippen molar-refractivity contribution in [3.63, 3.8) is 0 Å². The van der Waals surface area contributed by atoms with E-state index in [2.05, 4.69) is 26.3 Å². The Morgan fingerprint density at radius 3 is 3.00 bits per heavy atom. The zero-order valence-electron chi connectivity index (χ0n) is 10.8. The second kappa shape index (κ2) is 7.96.